The zero-order chi connectivity index (χ0) is 29.3. The fourth-order valence-corrected chi connectivity index (χ4v) is 5.57. The average molecular weight is 555 g/mol. The minimum absolute atomic E-state index is 0.110. The standard InChI is InChI=1S/C31H34N6O4/c1-19-27(21(3)38)20(2)32-28(19)29(40)34-31-33-24-18-23(35(4)30(41)22-10-6-5-7-11-22)13-14-25(24)37(31)17-9-16-36-15-8-12-26(36)39/h5-7,10-11,13-14,18,32H,8-9,12,15-17H2,1-4H3,(H,33,34,40). The number of aromatic amines is 1. The average Bonchev–Trinajstić information content (AvgIpc) is 3.62. The molecule has 0 aliphatic carbocycles. The first kappa shape index (κ1) is 27.8. The van der Waals surface area contributed by atoms with Crippen LogP contribution in [0.25, 0.3) is 11.0 Å². The Morgan fingerprint density at radius 2 is 1.83 bits per heavy atom. The number of nitrogens with one attached hydrogen (secondary N) is 2. The molecule has 10 heteroatoms. The number of ketones is 1. The highest BCUT2D eigenvalue weighted by molar-refractivity contribution is 6.08. The van der Waals surface area contributed by atoms with Crippen LogP contribution in [0.4, 0.5) is 11.6 Å². The molecule has 3 heterocycles. The Hall–Kier alpha value is -4.73. The summed E-state index contributed by atoms with van der Waals surface area (Å²) in [4.78, 5) is 61.9. The number of benzene rings is 2. The topological polar surface area (TPSA) is 120 Å². The second kappa shape index (κ2) is 11.4. The Labute approximate surface area is 238 Å². The van der Waals surface area contributed by atoms with Crippen molar-refractivity contribution < 1.29 is 19.2 Å². The molecule has 5 rings (SSSR count). The lowest BCUT2D eigenvalue weighted by atomic mass is 10.1. The van der Waals surface area contributed by atoms with Gasteiger partial charge in [0.15, 0.2) is 5.78 Å². The summed E-state index contributed by atoms with van der Waals surface area (Å²) in [6, 6.07) is 14.6. The Balaban J connectivity index is 1.46. The molecule has 2 aromatic heterocycles. The van der Waals surface area contributed by atoms with Crippen molar-refractivity contribution >= 4 is 46.2 Å². The molecule has 1 aliphatic heterocycles. The Morgan fingerprint density at radius 1 is 1.07 bits per heavy atom. The molecular formula is C31H34N6O4. The second-order valence-corrected chi connectivity index (χ2v) is 10.5. The third-order valence-electron chi connectivity index (χ3n) is 7.67. The van der Waals surface area contributed by atoms with E-state index < -0.39 is 5.91 Å². The van der Waals surface area contributed by atoms with Gasteiger partial charge in [0.1, 0.15) is 5.69 Å². The molecule has 1 fully saturated rings. The number of Topliss-reactive ketones (excluding diaryl/α,β-unsaturated/α-hetero) is 1. The van der Waals surface area contributed by atoms with E-state index in [9.17, 15) is 19.2 Å². The molecule has 0 radical (unpaired) electrons. The van der Waals surface area contributed by atoms with Crippen LogP contribution in [-0.2, 0) is 11.3 Å². The molecule has 2 aromatic carbocycles. The fourth-order valence-electron chi connectivity index (χ4n) is 5.57. The SMILES string of the molecule is CC(=O)c1c(C)[nH]c(C(=O)Nc2nc3cc(N(C)C(=O)c4ccccc4)ccc3n2CCCN2CCCC2=O)c1C. The number of nitrogens with zero attached hydrogens (tertiary/aromatic N) is 4. The lowest BCUT2D eigenvalue weighted by Gasteiger charge is -2.18. The quantitative estimate of drug-likeness (QED) is 0.290. The first-order valence-electron chi connectivity index (χ1n) is 13.8. The highest BCUT2D eigenvalue weighted by Gasteiger charge is 2.24. The van der Waals surface area contributed by atoms with Gasteiger partial charge in [0.2, 0.25) is 11.9 Å². The van der Waals surface area contributed by atoms with Crippen LogP contribution in [0.5, 0.6) is 0 Å². The smallest absolute Gasteiger partial charge is 0.274 e. The number of rotatable bonds is 9. The van der Waals surface area contributed by atoms with Crippen molar-refractivity contribution in [3.8, 4) is 0 Å². The zero-order valence-electron chi connectivity index (χ0n) is 23.8. The third kappa shape index (κ3) is 5.50. The van der Waals surface area contributed by atoms with E-state index in [1.807, 2.05) is 45.9 Å². The number of likely N-dealkylation sites (tertiary alicyclic amines) is 1. The number of aryl methyl sites for hydroxylation is 2. The molecule has 1 saturated heterocycles. The predicted molar refractivity (Wildman–Crippen MR) is 158 cm³/mol. The van der Waals surface area contributed by atoms with Crippen LogP contribution >= 0.6 is 0 Å². The van der Waals surface area contributed by atoms with Crippen molar-refractivity contribution in [1.82, 2.24) is 19.4 Å². The molecule has 0 unspecified atom stereocenters. The van der Waals surface area contributed by atoms with Gasteiger partial charge < -0.3 is 19.4 Å². The monoisotopic (exact) mass is 554 g/mol. The lowest BCUT2D eigenvalue weighted by Crippen LogP contribution is -2.26. The fraction of sp³-hybridized carbons (Fsp3) is 0.323. The van der Waals surface area contributed by atoms with Crippen molar-refractivity contribution in [2.45, 2.75) is 46.6 Å². The van der Waals surface area contributed by atoms with Gasteiger partial charge in [-0.3, -0.25) is 24.5 Å². The maximum Gasteiger partial charge on any atom is 0.274 e. The predicted octanol–water partition coefficient (Wildman–Crippen LogP) is 4.73. The van der Waals surface area contributed by atoms with Gasteiger partial charge in [0, 0.05) is 55.6 Å². The van der Waals surface area contributed by atoms with Crippen LogP contribution in [0.2, 0.25) is 0 Å². The summed E-state index contributed by atoms with van der Waals surface area (Å²) in [5.74, 6) is -0.139. The van der Waals surface area contributed by atoms with E-state index in [-0.39, 0.29) is 17.6 Å². The number of anilines is 2. The number of hydrogen-bond acceptors (Lipinski definition) is 5. The minimum atomic E-state index is -0.402. The normalized spacial score (nSPS) is 13.2. The zero-order valence-corrected chi connectivity index (χ0v) is 23.8. The van der Waals surface area contributed by atoms with E-state index in [0.29, 0.717) is 71.2 Å². The van der Waals surface area contributed by atoms with Gasteiger partial charge in [-0.05, 0) is 69.5 Å². The highest BCUT2D eigenvalue weighted by Crippen LogP contribution is 2.27. The molecule has 3 amide bonds. The number of carbonyl (C=O) groups excluding carboxylic acids is 4. The van der Waals surface area contributed by atoms with Crippen molar-refractivity contribution in [3.05, 3.63) is 76.6 Å². The molecule has 4 aromatic rings. The summed E-state index contributed by atoms with van der Waals surface area (Å²) < 4.78 is 1.92. The van der Waals surface area contributed by atoms with Gasteiger partial charge in [-0.1, -0.05) is 18.2 Å². The van der Waals surface area contributed by atoms with Crippen molar-refractivity contribution in [2.24, 2.45) is 0 Å². The third-order valence-corrected chi connectivity index (χ3v) is 7.67. The number of hydrogen-bond donors (Lipinski definition) is 2. The van der Waals surface area contributed by atoms with E-state index in [0.717, 1.165) is 18.5 Å². The molecule has 0 atom stereocenters. The van der Waals surface area contributed by atoms with Crippen LogP contribution in [0, 0.1) is 13.8 Å². The van der Waals surface area contributed by atoms with Gasteiger partial charge >= 0.3 is 0 Å². The molecule has 0 spiro atoms. The molecular weight excluding hydrogens is 520 g/mol. The van der Waals surface area contributed by atoms with Gasteiger partial charge in [-0.2, -0.15) is 0 Å². The van der Waals surface area contributed by atoms with E-state index >= 15 is 0 Å². The number of amides is 3. The Morgan fingerprint density at radius 3 is 2.49 bits per heavy atom. The van der Waals surface area contributed by atoms with Crippen LogP contribution in [0.3, 0.4) is 0 Å². The second-order valence-electron chi connectivity index (χ2n) is 10.5. The van der Waals surface area contributed by atoms with Gasteiger partial charge in [-0.25, -0.2) is 4.98 Å². The highest BCUT2D eigenvalue weighted by atomic mass is 16.2. The van der Waals surface area contributed by atoms with E-state index in [2.05, 4.69) is 10.3 Å². The summed E-state index contributed by atoms with van der Waals surface area (Å²) in [6.07, 6.45) is 2.15. The van der Waals surface area contributed by atoms with Gasteiger partial charge in [0.25, 0.3) is 11.8 Å². The summed E-state index contributed by atoms with van der Waals surface area (Å²) in [5.41, 5.74) is 4.70. The Kier molecular flexibility index (Phi) is 7.74. The number of aromatic nitrogens is 3. The van der Waals surface area contributed by atoms with Gasteiger partial charge in [-0.15, -0.1) is 0 Å². The molecule has 2 N–H and O–H groups in total. The van der Waals surface area contributed by atoms with Crippen LogP contribution in [0.1, 0.15) is 68.6 Å². The van der Waals surface area contributed by atoms with Crippen LogP contribution in [0.15, 0.2) is 48.5 Å². The first-order valence-corrected chi connectivity index (χ1v) is 13.8. The Bertz CT molecular complexity index is 1650. The van der Waals surface area contributed by atoms with Gasteiger partial charge in [0.05, 0.1) is 11.0 Å². The van der Waals surface area contributed by atoms with Crippen LogP contribution in [-0.4, -0.2) is 63.1 Å². The number of imidazole rings is 1. The summed E-state index contributed by atoms with van der Waals surface area (Å²) in [6.45, 7) is 6.90. The lowest BCUT2D eigenvalue weighted by molar-refractivity contribution is -0.127. The molecule has 212 valence electrons. The largest absolute Gasteiger partial charge is 0.354 e. The maximum absolute atomic E-state index is 13.4. The van der Waals surface area contributed by atoms with E-state index in [4.69, 9.17) is 4.98 Å². The molecule has 0 saturated carbocycles. The van der Waals surface area contributed by atoms with Crippen LogP contribution < -0.4 is 10.2 Å². The summed E-state index contributed by atoms with van der Waals surface area (Å²) >= 11 is 0. The van der Waals surface area contributed by atoms with E-state index in [1.54, 1.807) is 37.9 Å². The first-order chi connectivity index (χ1) is 19.7. The number of H-pyrrole nitrogens is 1. The van der Waals surface area contributed by atoms with Crippen molar-refractivity contribution in [2.75, 3.05) is 30.4 Å². The molecule has 1 aliphatic rings. The van der Waals surface area contributed by atoms with Crippen molar-refractivity contribution in [3.63, 3.8) is 0 Å². The van der Waals surface area contributed by atoms with Crippen molar-refractivity contribution in [1.29, 1.82) is 0 Å². The maximum atomic E-state index is 13.4. The summed E-state index contributed by atoms with van der Waals surface area (Å²) in [7, 11) is 1.71. The number of fused-ring (bicyclic) bond motifs is 1. The van der Waals surface area contributed by atoms with E-state index in [1.165, 1.54) is 6.92 Å². The molecule has 0 bridgehead atoms. The number of carbonyl (C=O) groups is 4. The molecule has 41 heavy (non-hydrogen) atoms. The summed E-state index contributed by atoms with van der Waals surface area (Å²) in [5, 5.41) is 2.93. The molecule has 10 nitrogen and oxygen atoms in total. The minimum Gasteiger partial charge on any atom is -0.354 e.